The molecule has 57 heavy (non-hydrogen) atoms. The van der Waals surface area contributed by atoms with Crippen molar-refractivity contribution in [2.45, 2.75) is 114 Å². The number of benzene rings is 2. The topological polar surface area (TPSA) is 125 Å². The molecule has 2 unspecified atom stereocenters. The van der Waals surface area contributed by atoms with Crippen LogP contribution in [-0.2, 0) is 22.4 Å². The molecule has 4 saturated heterocycles. The molecule has 0 aliphatic carbocycles. The van der Waals surface area contributed by atoms with Gasteiger partial charge in [-0.1, -0.05) is 44.2 Å². The van der Waals surface area contributed by atoms with E-state index in [0.717, 1.165) is 80.7 Å². The van der Waals surface area contributed by atoms with Crippen molar-refractivity contribution < 1.29 is 32.6 Å². The van der Waals surface area contributed by atoms with E-state index in [9.17, 15) is 14.3 Å². The lowest BCUT2D eigenvalue weighted by molar-refractivity contribution is 0.107. The number of halogens is 2. The van der Waals surface area contributed by atoms with E-state index >= 15 is 4.39 Å². The minimum absolute atomic E-state index is 0.0918. The second kappa shape index (κ2) is 14.6. The van der Waals surface area contributed by atoms with Crippen molar-refractivity contribution in [2.24, 2.45) is 0 Å². The Morgan fingerprint density at radius 2 is 1.88 bits per heavy atom. The number of alkyl halides is 1. The van der Waals surface area contributed by atoms with Gasteiger partial charge in [-0.05, 0) is 74.0 Å². The number of carbonyl (C=O) groups is 1. The summed E-state index contributed by atoms with van der Waals surface area (Å²) in [6.45, 7) is 16.8. The number of hydrogen-bond donors (Lipinski definition) is 2. The number of anilines is 2. The number of rotatable bonds is 11. The van der Waals surface area contributed by atoms with Gasteiger partial charge < -0.3 is 23.9 Å². The first-order valence-electron chi connectivity index (χ1n) is 20.4. The molecule has 2 N–H and O–H groups in total. The molecule has 4 atom stereocenters. The Morgan fingerprint density at radius 1 is 1.11 bits per heavy atom. The highest BCUT2D eigenvalue weighted by molar-refractivity contribution is 7.22. The molecule has 2 aromatic carbocycles. The highest BCUT2D eigenvalue weighted by atomic mass is 32.1. The molecule has 5 aliphatic heterocycles. The van der Waals surface area contributed by atoms with Crippen LogP contribution in [0.3, 0.4) is 0 Å². The SMILES string of the molecule is CC(C)(C)[Si](C)(C)OCCCN1CC2CCC(C1)N2c1nc(OC[C@@]23CCCN2C[C@H](F)C3)nc2c(F)c(-c3cccc4sc(NC(=O)O)nc34)c3c(c12)COC3. The van der Waals surface area contributed by atoms with Crippen molar-refractivity contribution >= 4 is 57.8 Å². The van der Waals surface area contributed by atoms with E-state index in [2.05, 4.69) is 58.9 Å². The fraction of sp³-hybridized carbons (Fsp3) is 0.610. The molecule has 12 nitrogen and oxygen atoms in total. The van der Waals surface area contributed by atoms with E-state index < -0.39 is 31.9 Å². The van der Waals surface area contributed by atoms with E-state index in [1.54, 1.807) is 0 Å². The number of amides is 1. The maximum Gasteiger partial charge on any atom is 0.410 e. The molecule has 4 fully saturated rings. The van der Waals surface area contributed by atoms with Crippen LogP contribution in [0.4, 0.5) is 24.5 Å². The summed E-state index contributed by atoms with van der Waals surface area (Å²) in [5.41, 5.74) is 2.68. The highest BCUT2D eigenvalue weighted by Crippen LogP contribution is 2.48. The number of hydrogen-bond acceptors (Lipinski definition) is 11. The van der Waals surface area contributed by atoms with Crippen molar-refractivity contribution in [3.63, 3.8) is 0 Å². The number of piperazine rings is 1. The zero-order chi connectivity index (χ0) is 39.9. The van der Waals surface area contributed by atoms with Gasteiger partial charge in [-0.25, -0.2) is 18.6 Å². The number of fused-ring (bicyclic) bond motifs is 7. The molecule has 9 rings (SSSR count). The Hall–Kier alpha value is -3.54. The summed E-state index contributed by atoms with van der Waals surface area (Å²) in [5, 5.41) is 12.8. The van der Waals surface area contributed by atoms with E-state index in [1.807, 2.05) is 18.2 Å². The molecule has 7 heterocycles. The van der Waals surface area contributed by atoms with Crippen LogP contribution in [0.2, 0.25) is 18.1 Å². The average Bonchev–Trinajstić information content (AvgIpc) is 3.97. The molecule has 0 spiro atoms. The van der Waals surface area contributed by atoms with Crippen LogP contribution in [0, 0.1) is 5.82 Å². The minimum atomic E-state index is -1.82. The summed E-state index contributed by atoms with van der Waals surface area (Å²) in [4.78, 5) is 33.2. The summed E-state index contributed by atoms with van der Waals surface area (Å²) >= 11 is 1.19. The van der Waals surface area contributed by atoms with Crippen molar-refractivity contribution in [1.29, 1.82) is 0 Å². The number of para-hydroxylation sites is 1. The molecule has 306 valence electrons. The van der Waals surface area contributed by atoms with Gasteiger partial charge in [0, 0.05) is 62.4 Å². The molecule has 1 amide bonds. The van der Waals surface area contributed by atoms with E-state index in [4.69, 9.17) is 23.9 Å². The Morgan fingerprint density at radius 3 is 2.63 bits per heavy atom. The second-order valence-electron chi connectivity index (χ2n) is 18.2. The molecule has 16 heteroatoms. The van der Waals surface area contributed by atoms with Crippen LogP contribution in [0.15, 0.2) is 18.2 Å². The molecular weight excluding hydrogens is 769 g/mol. The molecule has 0 saturated carbocycles. The third-order valence-electron chi connectivity index (χ3n) is 13.6. The van der Waals surface area contributed by atoms with Crippen LogP contribution in [0.1, 0.15) is 70.4 Å². The first-order chi connectivity index (χ1) is 27.2. The zero-order valence-electron chi connectivity index (χ0n) is 33.5. The van der Waals surface area contributed by atoms with Gasteiger partial charge in [0.25, 0.3) is 0 Å². The maximum absolute atomic E-state index is 17.7. The van der Waals surface area contributed by atoms with Gasteiger partial charge in [0.05, 0.1) is 34.4 Å². The molecule has 0 radical (unpaired) electrons. The summed E-state index contributed by atoms with van der Waals surface area (Å²) < 4.78 is 52.2. The molecule has 2 aromatic heterocycles. The third kappa shape index (κ3) is 6.97. The summed E-state index contributed by atoms with van der Waals surface area (Å²) in [5.74, 6) is 0.153. The zero-order valence-corrected chi connectivity index (χ0v) is 35.3. The van der Waals surface area contributed by atoms with Crippen molar-refractivity contribution in [2.75, 3.05) is 56.2 Å². The molecule has 5 aliphatic rings. The number of nitrogens with zero attached hydrogens (tertiary/aromatic N) is 6. The van der Waals surface area contributed by atoms with Crippen molar-refractivity contribution in [1.82, 2.24) is 24.8 Å². The summed E-state index contributed by atoms with van der Waals surface area (Å²) in [7, 11) is -1.82. The first-order valence-corrected chi connectivity index (χ1v) is 24.1. The van der Waals surface area contributed by atoms with Crippen LogP contribution >= 0.6 is 11.3 Å². The fourth-order valence-corrected chi connectivity index (χ4v) is 11.8. The molecular formula is C41H53F2N7O5SSi. The quantitative estimate of drug-likeness (QED) is 0.112. The number of thiazole rings is 1. The van der Waals surface area contributed by atoms with Crippen LogP contribution in [-0.4, -0.2) is 114 Å². The monoisotopic (exact) mass is 821 g/mol. The number of aromatic nitrogens is 3. The fourth-order valence-electron chi connectivity index (χ4n) is 9.82. The Kier molecular flexibility index (Phi) is 9.99. The van der Waals surface area contributed by atoms with Gasteiger partial charge in [0.1, 0.15) is 24.1 Å². The van der Waals surface area contributed by atoms with Gasteiger partial charge in [-0.2, -0.15) is 9.97 Å². The van der Waals surface area contributed by atoms with Crippen molar-refractivity contribution in [3.8, 4) is 17.1 Å². The van der Waals surface area contributed by atoms with Crippen LogP contribution < -0.4 is 15.0 Å². The number of ether oxygens (including phenoxy) is 2. The first kappa shape index (κ1) is 38.9. The van der Waals surface area contributed by atoms with Crippen LogP contribution in [0.5, 0.6) is 6.01 Å². The maximum atomic E-state index is 17.7. The van der Waals surface area contributed by atoms with Crippen LogP contribution in [0.25, 0.3) is 32.2 Å². The molecule has 4 aromatic rings. The minimum Gasteiger partial charge on any atom is -0.465 e. The Labute approximate surface area is 337 Å². The number of nitrogens with one attached hydrogen (secondary N) is 1. The van der Waals surface area contributed by atoms with Gasteiger partial charge in [-0.3, -0.25) is 15.1 Å². The predicted octanol–water partition coefficient (Wildman–Crippen LogP) is 8.19. The predicted molar refractivity (Wildman–Crippen MR) is 220 cm³/mol. The van der Waals surface area contributed by atoms with E-state index in [0.29, 0.717) is 40.8 Å². The lowest BCUT2D eigenvalue weighted by Gasteiger charge is -2.42. The second-order valence-corrected chi connectivity index (χ2v) is 24.0. The normalized spacial score (nSPS) is 25.2. The summed E-state index contributed by atoms with van der Waals surface area (Å²) in [6, 6.07) is 5.92. The van der Waals surface area contributed by atoms with Gasteiger partial charge in [0.2, 0.25) is 0 Å². The standard InChI is InChI=1S/C41H53F2N7O5SSi/c1-40(2,3)57(4,5)55-16-8-14-48-19-25-11-12-26(20-48)50(25)36-32-29-22-53-21-28(29)31(27-9-6-10-30-34(27)45-38(56-30)47-39(51)52)33(43)35(32)44-37(46-36)54-23-41-13-7-15-49(41)18-24(42)17-41/h6,9-10,24-26H,7-8,11-23H2,1-5H3,(H,45,47)(H,51,52)/t24-,25?,26?,41+/m1/s1. The van der Waals surface area contributed by atoms with Gasteiger partial charge >= 0.3 is 12.1 Å². The lowest BCUT2D eigenvalue weighted by atomic mass is 9.92. The highest BCUT2D eigenvalue weighted by Gasteiger charge is 2.50. The van der Waals surface area contributed by atoms with Crippen molar-refractivity contribution in [3.05, 3.63) is 35.1 Å². The average molecular weight is 822 g/mol. The Balaban J connectivity index is 1.09. The van der Waals surface area contributed by atoms with E-state index in [-0.39, 0.29) is 53.6 Å². The van der Waals surface area contributed by atoms with Gasteiger partial charge in [-0.15, -0.1) is 0 Å². The number of likely N-dealkylation sites (tertiary alicyclic amines) is 1. The molecule has 2 bridgehead atoms. The Bertz CT molecular complexity index is 2210. The lowest BCUT2D eigenvalue weighted by Crippen LogP contribution is -2.54. The van der Waals surface area contributed by atoms with E-state index in [1.165, 1.54) is 11.3 Å². The third-order valence-corrected chi connectivity index (χ3v) is 19.1. The summed E-state index contributed by atoms with van der Waals surface area (Å²) in [6.07, 6.45) is 3.05. The number of carboxylic acid groups (broad SMARTS) is 1. The largest absolute Gasteiger partial charge is 0.465 e. The van der Waals surface area contributed by atoms with Gasteiger partial charge in [0.15, 0.2) is 19.3 Å². The smallest absolute Gasteiger partial charge is 0.410 e.